The van der Waals surface area contributed by atoms with Crippen molar-refractivity contribution in [1.29, 1.82) is 0 Å². The molecule has 1 atom stereocenters. The molecule has 1 aliphatic rings. The Labute approximate surface area is 153 Å². The van der Waals surface area contributed by atoms with E-state index in [1.807, 2.05) is 60.7 Å². The van der Waals surface area contributed by atoms with Crippen LogP contribution in [0.5, 0.6) is 0 Å². The fourth-order valence-corrected chi connectivity index (χ4v) is 2.78. The van der Waals surface area contributed by atoms with E-state index in [0.717, 1.165) is 5.66 Å². The predicted molar refractivity (Wildman–Crippen MR) is 97.3 cm³/mol. The van der Waals surface area contributed by atoms with Gasteiger partial charge in [0.25, 0.3) is 0 Å². The molecule has 0 saturated heterocycles. The van der Waals surface area contributed by atoms with Gasteiger partial charge in [-0.3, -0.25) is 0 Å². The molecule has 3 rings (SSSR count). The molecule has 0 N–H and O–H groups in total. The van der Waals surface area contributed by atoms with Crippen molar-refractivity contribution in [3.8, 4) is 0 Å². The third kappa shape index (κ3) is 11.2. The minimum Gasteiger partial charge on any atom is -0.748 e. The van der Waals surface area contributed by atoms with E-state index in [-0.39, 0.29) is 27.1 Å². The van der Waals surface area contributed by atoms with Gasteiger partial charge in [-0.05, 0) is 0 Å². The molecule has 0 radical (unpaired) electrons. The third-order valence-corrected chi connectivity index (χ3v) is 4.78. The molecule has 22 heavy (non-hydrogen) atoms. The third-order valence-electron chi connectivity index (χ3n) is 2.89. The van der Waals surface area contributed by atoms with Crippen LogP contribution < -0.4 is 0 Å². The second kappa shape index (κ2) is 10.4. The molecule has 0 spiro atoms. The summed E-state index contributed by atoms with van der Waals surface area (Å²) in [6, 6.07) is 20.0. The van der Waals surface area contributed by atoms with Crippen LogP contribution in [0.15, 0.2) is 60.7 Å². The summed E-state index contributed by atoms with van der Waals surface area (Å²) >= 11 is 0. The van der Waals surface area contributed by atoms with Crippen LogP contribution in [-0.4, -0.2) is 11.5 Å². The van der Waals surface area contributed by atoms with Crippen LogP contribution in [0.3, 0.4) is 0 Å². The summed E-state index contributed by atoms with van der Waals surface area (Å²) in [7, 11) is 1.37. The molecule has 0 aromatic heterocycles. The molecule has 1 saturated carbocycles. The summed E-state index contributed by atoms with van der Waals surface area (Å²) in [6.07, 6.45) is 2.40. The molecule has 0 aliphatic heterocycles. The quantitative estimate of drug-likeness (QED) is 0.333. The molecular formula is C20H27PTi-8. The first-order chi connectivity index (χ1) is 9.81. The van der Waals surface area contributed by atoms with Crippen LogP contribution >= 0.6 is 8.20 Å². The topological polar surface area (TPSA) is 0 Å². The van der Waals surface area contributed by atoms with Crippen LogP contribution in [0.1, 0.15) is 34.6 Å². The monoisotopic (exact) mass is 346 g/mol. The van der Waals surface area contributed by atoms with E-state index in [1.165, 1.54) is 8.20 Å². The molecule has 124 valence electrons. The van der Waals surface area contributed by atoms with Gasteiger partial charge >= 0.3 is 0 Å². The molecule has 1 fully saturated rings. The average molecular weight is 346 g/mol. The van der Waals surface area contributed by atoms with E-state index in [2.05, 4.69) is 46.8 Å². The van der Waals surface area contributed by atoms with Crippen molar-refractivity contribution in [1.82, 2.24) is 0 Å². The maximum atomic E-state index is 3.48. The largest absolute Gasteiger partial charge is 0.748 e. The molecule has 2 aromatic rings. The minimum atomic E-state index is 0. The summed E-state index contributed by atoms with van der Waals surface area (Å²) in [5.74, 6) is 3.48. The van der Waals surface area contributed by atoms with Crippen LogP contribution in [0, 0.1) is 17.3 Å². The Morgan fingerprint density at radius 2 is 1.36 bits per heavy atom. The summed E-state index contributed by atoms with van der Waals surface area (Å²) < 4.78 is 0. The van der Waals surface area contributed by atoms with Crippen molar-refractivity contribution in [2.75, 3.05) is 0 Å². The molecule has 0 heterocycles. The Kier molecular flexibility index (Phi) is 10.2. The Hall–Kier alpha value is -0.416. The van der Waals surface area contributed by atoms with E-state index >= 15 is 0 Å². The normalized spacial score (nSPS) is 18.3. The van der Waals surface area contributed by atoms with Gasteiger partial charge in [-0.2, -0.15) is 34.7 Å². The van der Waals surface area contributed by atoms with Gasteiger partial charge in [-0.25, -0.2) is 12.1 Å². The van der Waals surface area contributed by atoms with Crippen LogP contribution in [0.25, 0.3) is 0 Å². The molecule has 0 nitrogen and oxygen atoms in total. The van der Waals surface area contributed by atoms with Gasteiger partial charge < -0.3 is 50.8 Å². The van der Waals surface area contributed by atoms with Crippen molar-refractivity contribution in [2.24, 2.45) is 10.8 Å². The first-order valence-corrected chi connectivity index (χ1v) is 8.44. The Morgan fingerprint density at radius 1 is 0.955 bits per heavy atom. The van der Waals surface area contributed by atoms with Gasteiger partial charge in [-0.15, -0.1) is 0 Å². The minimum absolute atomic E-state index is 0. The molecule has 1 unspecified atom stereocenters. The van der Waals surface area contributed by atoms with Crippen LogP contribution in [-0.2, 0) is 21.7 Å². The first-order valence-electron chi connectivity index (χ1n) is 7.48. The van der Waals surface area contributed by atoms with E-state index in [0.29, 0.717) is 5.41 Å². The molecule has 0 amide bonds. The van der Waals surface area contributed by atoms with Gasteiger partial charge in [0.15, 0.2) is 0 Å². The second-order valence-electron chi connectivity index (χ2n) is 6.85. The summed E-state index contributed by atoms with van der Waals surface area (Å²) in [5.41, 5.74) is 1.51. The SMILES string of the molecule is CC(C)(C)[C-]=PC1[CH-]C1(C)C.[Ti].[cH-]1[cH-][cH-][cH-][cH-]1.c1cc[cH-]c1. The first kappa shape index (κ1) is 21.6. The van der Waals surface area contributed by atoms with Crippen molar-refractivity contribution < 1.29 is 21.7 Å². The standard InChI is InChI=1S/C10H17P.2C5H5.Ti/c1-9(2,3)7-11-8-6-10(8,4)5;2*1-2-4-5-3-1;/h6,8H,1-5H3;2*1-5H;/q-2;-5;-1;. The fraction of sp³-hybridized carbons (Fsp3) is 0.400. The van der Waals surface area contributed by atoms with Gasteiger partial charge in [0.05, 0.1) is 0 Å². The zero-order chi connectivity index (χ0) is 15.8. The number of rotatable bonds is 1. The number of hydrogen-bond acceptors (Lipinski definition) is 0. The zero-order valence-corrected chi connectivity index (χ0v) is 16.8. The Bertz CT molecular complexity index is 412. The Balaban J connectivity index is 0.000000334. The molecule has 2 aromatic carbocycles. The average Bonchev–Trinajstić information content (AvgIpc) is 2.98. The smallest absolute Gasteiger partial charge is 0 e. The van der Waals surface area contributed by atoms with Crippen molar-refractivity contribution >= 4 is 14.0 Å². The molecular weight excluding hydrogens is 319 g/mol. The maximum Gasteiger partial charge on any atom is 0 e. The van der Waals surface area contributed by atoms with Gasteiger partial charge in [0, 0.05) is 21.7 Å². The van der Waals surface area contributed by atoms with Crippen LogP contribution in [0.4, 0.5) is 0 Å². The maximum absolute atomic E-state index is 3.48. The summed E-state index contributed by atoms with van der Waals surface area (Å²) in [6.45, 7) is 11.2. The van der Waals surface area contributed by atoms with Crippen molar-refractivity contribution in [3.05, 3.63) is 67.1 Å². The molecule has 1 aliphatic carbocycles. The molecule has 0 bridgehead atoms. The van der Waals surface area contributed by atoms with E-state index in [4.69, 9.17) is 0 Å². The Morgan fingerprint density at radius 3 is 1.59 bits per heavy atom. The fourth-order valence-electron chi connectivity index (χ4n) is 1.47. The van der Waals surface area contributed by atoms with Crippen molar-refractivity contribution in [2.45, 2.75) is 40.3 Å². The van der Waals surface area contributed by atoms with E-state index in [9.17, 15) is 0 Å². The van der Waals surface area contributed by atoms with Gasteiger partial charge in [0.2, 0.25) is 0 Å². The van der Waals surface area contributed by atoms with E-state index in [1.54, 1.807) is 0 Å². The predicted octanol–water partition coefficient (Wildman–Crippen LogP) is 6.08. The van der Waals surface area contributed by atoms with Gasteiger partial charge in [0.1, 0.15) is 0 Å². The zero-order valence-electron chi connectivity index (χ0n) is 14.4. The van der Waals surface area contributed by atoms with Crippen LogP contribution in [0.2, 0.25) is 0 Å². The van der Waals surface area contributed by atoms with Crippen molar-refractivity contribution in [3.63, 3.8) is 0 Å². The summed E-state index contributed by atoms with van der Waals surface area (Å²) in [5, 5.41) is 0. The summed E-state index contributed by atoms with van der Waals surface area (Å²) in [4.78, 5) is 0. The van der Waals surface area contributed by atoms with E-state index < -0.39 is 0 Å². The second-order valence-corrected chi connectivity index (χ2v) is 7.89. The molecule has 2 heteroatoms. The number of hydrogen-bond donors (Lipinski definition) is 0. The van der Waals surface area contributed by atoms with Gasteiger partial charge in [-0.1, -0.05) is 34.6 Å².